The Bertz CT molecular complexity index is 546. The average molecular weight is 288 g/mol. The second-order valence-electron chi connectivity index (χ2n) is 5.80. The SMILES string of the molecule is CC(C)Cn1ncnc1CNc1ccc(OC(C)C)cc1. The quantitative estimate of drug-likeness (QED) is 0.849. The molecule has 0 saturated heterocycles. The molecule has 0 spiro atoms. The summed E-state index contributed by atoms with van der Waals surface area (Å²) in [6.45, 7) is 9.94. The van der Waals surface area contributed by atoms with Crippen LogP contribution < -0.4 is 10.1 Å². The average Bonchev–Trinajstić information content (AvgIpc) is 2.84. The molecule has 0 aliphatic carbocycles. The Labute approximate surface area is 126 Å². The fourth-order valence-corrected chi connectivity index (χ4v) is 2.03. The largest absolute Gasteiger partial charge is 0.491 e. The third kappa shape index (κ3) is 4.77. The van der Waals surface area contributed by atoms with Crippen molar-refractivity contribution in [3.8, 4) is 5.75 Å². The number of hydrogen-bond donors (Lipinski definition) is 1. The molecule has 1 aromatic carbocycles. The van der Waals surface area contributed by atoms with Crippen LogP contribution in [0.2, 0.25) is 0 Å². The van der Waals surface area contributed by atoms with Crippen LogP contribution in [0.1, 0.15) is 33.5 Å². The minimum Gasteiger partial charge on any atom is -0.491 e. The highest BCUT2D eigenvalue weighted by Crippen LogP contribution is 2.17. The molecule has 21 heavy (non-hydrogen) atoms. The first-order chi connectivity index (χ1) is 10.0. The van der Waals surface area contributed by atoms with Gasteiger partial charge in [-0.2, -0.15) is 5.10 Å². The van der Waals surface area contributed by atoms with E-state index in [2.05, 4.69) is 29.2 Å². The predicted molar refractivity (Wildman–Crippen MR) is 84.4 cm³/mol. The number of anilines is 1. The fraction of sp³-hybridized carbons (Fsp3) is 0.500. The molecule has 114 valence electrons. The molecule has 0 saturated carbocycles. The first kappa shape index (κ1) is 15.4. The Hall–Kier alpha value is -2.04. The summed E-state index contributed by atoms with van der Waals surface area (Å²) in [5.41, 5.74) is 1.05. The Morgan fingerprint density at radius 1 is 1.14 bits per heavy atom. The summed E-state index contributed by atoms with van der Waals surface area (Å²) in [7, 11) is 0. The van der Waals surface area contributed by atoms with Gasteiger partial charge in [-0.05, 0) is 44.0 Å². The minimum atomic E-state index is 0.193. The van der Waals surface area contributed by atoms with E-state index < -0.39 is 0 Å². The van der Waals surface area contributed by atoms with Crippen molar-refractivity contribution >= 4 is 5.69 Å². The van der Waals surface area contributed by atoms with E-state index in [1.54, 1.807) is 6.33 Å². The molecule has 0 amide bonds. The van der Waals surface area contributed by atoms with Gasteiger partial charge in [-0.15, -0.1) is 0 Å². The summed E-state index contributed by atoms with van der Waals surface area (Å²) in [5.74, 6) is 2.39. The van der Waals surface area contributed by atoms with Gasteiger partial charge in [0.2, 0.25) is 0 Å². The molecule has 5 heteroatoms. The molecule has 1 heterocycles. The molecule has 2 rings (SSSR count). The summed E-state index contributed by atoms with van der Waals surface area (Å²) >= 11 is 0. The lowest BCUT2D eigenvalue weighted by Crippen LogP contribution is -2.13. The summed E-state index contributed by atoms with van der Waals surface area (Å²) in [6, 6.07) is 7.98. The molecule has 0 unspecified atom stereocenters. The van der Waals surface area contributed by atoms with E-state index in [0.717, 1.165) is 23.8 Å². The van der Waals surface area contributed by atoms with E-state index >= 15 is 0 Å². The van der Waals surface area contributed by atoms with Crippen LogP contribution in [-0.2, 0) is 13.1 Å². The maximum Gasteiger partial charge on any atom is 0.146 e. The van der Waals surface area contributed by atoms with Crippen LogP contribution in [0.3, 0.4) is 0 Å². The van der Waals surface area contributed by atoms with Gasteiger partial charge in [0.25, 0.3) is 0 Å². The first-order valence-corrected chi connectivity index (χ1v) is 7.42. The van der Waals surface area contributed by atoms with Gasteiger partial charge >= 0.3 is 0 Å². The Morgan fingerprint density at radius 2 is 1.86 bits per heavy atom. The van der Waals surface area contributed by atoms with Gasteiger partial charge in [-0.25, -0.2) is 9.67 Å². The fourth-order valence-electron chi connectivity index (χ4n) is 2.03. The van der Waals surface area contributed by atoms with E-state index in [9.17, 15) is 0 Å². The molecule has 0 radical (unpaired) electrons. The summed E-state index contributed by atoms with van der Waals surface area (Å²) in [5, 5.41) is 7.62. The van der Waals surface area contributed by atoms with E-state index in [1.807, 2.05) is 42.8 Å². The molecule has 5 nitrogen and oxygen atoms in total. The third-order valence-corrected chi connectivity index (χ3v) is 2.91. The van der Waals surface area contributed by atoms with Gasteiger partial charge in [0, 0.05) is 12.2 Å². The van der Waals surface area contributed by atoms with Gasteiger partial charge < -0.3 is 10.1 Å². The van der Waals surface area contributed by atoms with Gasteiger partial charge in [0.1, 0.15) is 17.9 Å². The van der Waals surface area contributed by atoms with Crippen molar-refractivity contribution in [1.82, 2.24) is 14.8 Å². The minimum absolute atomic E-state index is 0.193. The molecule has 0 aliphatic heterocycles. The second-order valence-corrected chi connectivity index (χ2v) is 5.80. The maximum atomic E-state index is 5.63. The number of nitrogens with one attached hydrogen (secondary N) is 1. The number of rotatable bonds is 7. The lowest BCUT2D eigenvalue weighted by Gasteiger charge is -2.12. The summed E-state index contributed by atoms with van der Waals surface area (Å²) in [4.78, 5) is 4.31. The van der Waals surface area contributed by atoms with E-state index in [1.165, 1.54) is 0 Å². The van der Waals surface area contributed by atoms with Crippen LogP contribution in [0.15, 0.2) is 30.6 Å². The van der Waals surface area contributed by atoms with Crippen molar-refractivity contribution in [3.05, 3.63) is 36.4 Å². The van der Waals surface area contributed by atoms with Crippen molar-refractivity contribution in [2.75, 3.05) is 5.32 Å². The number of ether oxygens (including phenoxy) is 1. The maximum absolute atomic E-state index is 5.63. The molecular formula is C16H24N4O. The topological polar surface area (TPSA) is 52.0 Å². The zero-order valence-corrected chi connectivity index (χ0v) is 13.2. The first-order valence-electron chi connectivity index (χ1n) is 7.42. The predicted octanol–water partition coefficient (Wildman–Crippen LogP) is 3.33. The van der Waals surface area contributed by atoms with Crippen LogP contribution in [-0.4, -0.2) is 20.9 Å². The summed E-state index contributed by atoms with van der Waals surface area (Å²) in [6.07, 6.45) is 1.80. The standard InChI is InChI=1S/C16H24N4O/c1-12(2)10-20-16(18-11-19-20)9-17-14-5-7-15(8-6-14)21-13(3)4/h5-8,11-13,17H,9-10H2,1-4H3. The van der Waals surface area contributed by atoms with Gasteiger partial charge in [-0.1, -0.05) is 13.8 Å². The zero-order valence-electron chi connectivity index (χ0n) is 13.2. The van der Waals surface area contributed by atoms with Gasteiger partial charge in [-0.3, -0.25) is 0 Å². The molecule has 0 fully saturated rings. The number of aromatic nitrogens is 3. The van der Waals surface area contributed by atoms with Crippen LogP contribution in [0.25, 0.3) is 0 Å². The van der Waals surface area contributed by atoms with E-state index in [-0.39, 0.29) is 6.10 Å². The van der Waals surface area contributed by atoms with Crippen molar-refractivity contribution in [2.45, 2.75) is 46.9 Å². The lowest BCUT2D eigenvalue weighted by atomic mass is 10.2. The van der Waals surface area contributed by atoms with Crippen molar-refractivity contribution < 1.29 is 4.74 Å². The highest BCUT2D eigenvalue weighted by atomic mass is 16.5. The molecule has 2 aromatic rings. The summed E-state index contributed by atoms with van der Waals surface area (Å²) < 4.78 is 7.58. The smallest absolute Gasteiger partial charge is 0.146 e. The molecule has 1 N–H and O–H groups in total. The zero-order chi connectivity index (χ0) is 15.2. The van der Waals surface area contributed by atoms with Crippen LogP contribution >= 0.6 is 0 Å². The van der Waals surface area contributed by atoms with Crippen LogP contribution in [0.4, 0.5) is 5.69 Å². The highest BCUT2D eigenvalue weighted by Gasteiger charge is 2.06. The van der Waals surface area contributed by atoms with Crippen molar-refractivity contribution in [3.63, 3.8) is 0 Å². The Morgan fingerprint density at radius 3 is 2.48 bits per heavy atom. The van der Waals surface area contributed by atoms with Crippen LogP contribution in [0, 0.1) is 5.92 Å². The van der Waals surface area contributed by atoms with E-state index in [0.29, 0.717) is 12.5 Å². The van der Waals surface area contributed by atoms with Gasteiger partial charge in [0.05, 0.1) is 12.6 Å². The molecule has 0 aliphatic rings. The van der Waals surface area contributed by atoms with E-state index in [4.69, 9.17) is 4.74 Å². The Kier molecular flexibility index (Phi) is 5.20. The number of nitrogens with zero attached hydrogens (tertiary/aromatic N) is 3. The lowest BCUT2D eigenvalue weighted by molar-refractivity contribution is 0.242. The second kappa shape index (κ2) is 7.11. The van der Waals surface area contributed by atoms with Crippen molar-refractivity contribution in [1.29, 1.82) is 0 Å². The molecular weight excluding hydrogens is 264 g/mol. The highest BCUT2D eigenvalue weighted by molar-refractivity contribution is 5.46. The molecule has 1 aromatic heterocycles. The third-order valence-electron chi connectivity index (χ3n) is 2.91. The van der Waals surface area contributed by atoms with Crippen molar-refractivity contribution in [2.24, 2.45) is 5.92 Å². The Balaban J connectivity index is 1.92. The molecule has 0 atom stereocenters. The normalized spacial score (nSPS) is 11.1. The number of hydrogen-bond acceptors (Lipinski definition) is 4. The number of benzene rings is 1. The monoisotopic (exact) mass is 288 g/mol. The van der Waals surface area contributed by atoms with Gasteiger partial charge in [0.15, 0.2) is 0 Å². The van der Waals surface area contributed by atoms with Crippen LogP contribution in [0.5, 0.6) is 5.75 Å². The molecule has 0 bridgehead atoms.